The standard InChI is InChI=1S/C10H18O2S/c1-3-4-7-13-10(2,9(11)12)8-5-6-8/h8H,3-7H2,1-2H3,(H,11,12). The average molecular weight is 202 g/mol. The molecule has 3 heteroatoms. The van der Waals surface area contributed by atoms with Crippen LogP contribution >= 0.6 is 11.8 Å². The van der Waals surface area contributed by atoms with Crippen molar-refractivity contribution in [3.8, 4) is 0 Å². The van der Waals surface area contributed by atoms with Crippen molar-refractivity contribution in [1.82, 2.24) is 0 Å². The van der Waals surface area contributed by atoms with E-state index >= 15 is 0 Å². The summed E-state index contributed by atoms with van der Waals surface area (Å²) < 4.78 is -0.505. The van der Waals surface area contributed by atoms with Gasteiger partial charge in [-0.15, -0.1) is 11.8 Å². The van der Waals surface area contributed by atoms with Gasteiger partial charge in [0.25, 0.3) is 0 Å². The zero-order valence-electron chi connectivity index (χ0n) is 8.38. The smallest absolute Gasteiger partial charge is 0.319 e. The highest BCUT2D eigenvalue weighted by molar-refractivity contribution is 8.01. The summed E-state index contributed by atoms with van der Waals surface area (Å²) in [6, 6.07) is 0. The van der Waals surface area contributed by atoms with E-state index < -0.39 is 10.7 Å². The molecule has 0 radical (unpaired) electrons. The van der Waals surface area contributed by atoms with Gasteiger partial charge in [0.2, 0.25) is 0 Å². The maximum Gasteiger partial charge on any atom is 0.319 e. The van der Waals surface area contributed by atoms with Crippen LogP contribution < -0.4 is 0 Å². The van der Waals surface area contributed by atoms with Crippen LogP contribution in [0.15, 0.2) is 0 Å². The Morgan fingerprint density at radius 3 is 2.62 bits per heavy atom. The van der Waals surface area contributed by atoms with Gasteiger partial charge in [0.15, 0.2) is 0 Å². The molecule has 1 fully saturated rings. The maximum absolute atomic E-state index is 11.1. The number of unbranched alkanes of at least 4 members (excludes halogenated alkanes) is 1. The van der Waals surface area contributed by atoms with Gasteiger partial charge in [0.05, 0.1) is 0 Å². The van der Waals surface area contributed by atoms with Crippen molar-refractivity contribution in [3.05, 3.63) is 0 Å². The van der Waals surface area contributed by atoms with E-state index in [4.69, 9.17) is 5.11 Å². The van der Waals surface area contributed by atoms with Crippen LogP contribution in [0.2, 0.25) is 0 Å². The van der Waals surface area contributed by atoms with E-state index in [1.54, 1.807) is 11.8 Å². The lowest BCUT2D eigenvalue weighted by molar-refractivity contribution is -0.139. The van der Waals surface area contributed by atoms with Crippen LogP contribution in [0.4, 0.5) is 0 Å². The zero-order valence-corrected chi connectivity index (χ0v) is 9.19. The lowest BCUT2D eigenvalue weighted by Crippen LogP contribution is -2.34. The number of carbonyl (C=O) groups is 1. The molecule has 1 aliphatic carbocycles. The molecular formula is C10H18O2S. The predicted octanol–water partition coefficient (Wildman–Crippen LogP) is 2.77. The van der Waals surface area contributed by atoms with Crippen LogP contribution in [0.1, 0.15) is 39.5 Å². The number of carboxylic acid groups (broad SMARTS) is 1. The first kappa shape index (κ1) is 10.9. The minimum Gasteiger partial charge on any atom is -0.480 e. The van der Waals surface area contributed by atoms with Crippen LogP contribution in [-0.4, -0.2) is 21.6 Å². The molecule has 76 valence electrons. The Morgan fingerprint density at radius 1 is 1.62 bits per heavy atom. The number of rotatable bonds is 6. The van der Waals surface area contributed by atoms with E-state index in [-0.39, 0.29) is 0 Å². The molecule has 1 aliphatic rings. The molecule has 0 aromatic heterocycles. The molecule has 1 atom stereocenters. The summed E-state index contributed by atoms with van der Waals surface area (Å²) in [6.07, 6.45) is 4.47. The summed E-state index contributed by atoms with van der Waals surface area (Å²) >= 11 is 1.63. The highest BCUT2D eigenvalue weighted by Gasteiger charge is 2.47. The highest BCUT2D eigenvalue weighted by atomic mass is 32.2. The van der Waals surface area contributed by atoms with E-state index in [0.717, 1.165) is 31.4 Å². The van der Waals surface area contributed by atoms with Gasteiger partial charge in [-0.25, -0.2) is 0 Å². The molecule has 0 aromatic rings. The minimum atomic E-state index is -0.629. The van der Waals surface area contributed by atoms with Crippen molar-refractivity contribution in [1.29, 1.82) is 0 Å². The summed E-state index contributed by atoms with van der Waals surface area (Å²) in [5.41, 5.74) is 0. The molecule has 2 nitrogen and oxygen atoms in total. The average Bonchev–Trinajstić information content (AvgIpc) is 2.86. The number of thioether (sulfide) groups is 1. The zero-order chi connectivity index (χ0) is 9.90. The normalized spacial score (nSPS) is 21.1. The van der Waals surface area contributed by atoms with Crippen molar-refractivity contribution in [2.45, 2.75) is 44.3 Å². The second-order valence-corrected chi connectivity index (χ2v) is 5.43. The largest absolute Gasteiger partial charge is 0.480 e. The van der Waals surface area contributed by atoms with Crippen LogP contribution in [0.25, 0.3) is 0 Å². The van der Waals surface area contributed by atoms with Gasteiger partial charge in [-0.3, -0.25) is 4.79 Å². The molecule has 0 saturated heterocycles. The van der Waals surface area contributed by atoms with Crippen molar-refractivity contribution < 1.29 is 9.90 Å². The summed E-state index contributed by atoms with van der Waals surface area (Å²) in [5, 5.41) is 9.12. The molecule has 13 heavy (non-hydrogen) atoms. The van der Waals surface area contributed by atoms with Gasteiger partial charge in [0, 0.05) is 0 Å². The van der Waals surface area contributed by atoms with Crippen LogP contribution in [0.3, 0.4) is 0 Å². The summed E-state index contributed by atoms with van der Waals surface area (Å²) in [6.45, 7) is 4.02. The monoisotopic (exact) mass is 202 g/mol. The quantitative estimate of drug-likeness (QED) is 0.673. The summed E-state index contributed by atoms with van der Waals surface area (Å²) in [7, 11) is 0. The molecule has 0 bridgehead atoms. The van der Waals surface area contributed by atoms with Crippen LogP contribution in [-0.2, 0) is 4.79 Å². The molecular weight excluding hydrogens is 184 g/mol. The Bertz CT molecular complexity index is 189. The van der Waals surface area contributed by atoms with E-state index in [9.17, 15) is 4.79 Å². The number of aliphatic carboxylic acids is 1. The molecule has 0 aromatic carbocycles. The topological polar surface area (TPSA) is 37.3 Å². The van der Waals surface area contributed by atoms with Gasteiger partial charge in [-0.2, -0.15) is 0 Å². The second kappa shape index (κ2) is 4.36. The van der Waals surface area contributed by atoms with E-state index in [0.29, 0.717) is 5.92 Å². The van der Waals surface area contributed by atoms with Gasteiger partial charge >= 0.3 is 5.97 Å². The summed E-state index contributed by atoms with van der Waals surface area (Å²) in [4.78, 5) is 11.1. The van der Waals surface area contributed by atoms with Crippen molar-refractivity contribution in [2.24, 2.45) is 5.92 Å². The fraction of sp³-hybridized carbons (Fsp3) is 0.900. The Balaban J connectivity index is 2.42. The van der Waals surface area contributed by atoms with E-state index in [1.807, 2.05) is 6.92 Å². The van der Waals surface area contributed by atoms with Gasteiger partial charge in [0.1, 0.15) is 4.75 Å². The van der Waals surface area contributed by atoms with Gasteiger partial charge in [-0.1, -0.05) is 13.3 Å². The lowest BCUT2D eigenvalue weighted by Gasteiger charge is -2.23. The van der Waals surface area contributed by atoms with Crippen LogP contribution in [0.5, 0.6) is 0 Å². The maximum atomic E-state index is 11.1. The Labute approximate surface area is 84.1 Å². The molecule has 0 heterocycles. The second-order valence-electron chi connectivity index (χ2n) is 3.89. The fourth-order valence-electron chi connectivity index (χ4n) is 1.42. The Hall–Kier alpha value is -0.180. The Morgan fingerprint density at radius 2 is 2.23 bits per heavy atom. The van der Waals surface area contributed by atoms with E-state index in [1.165, 1.54) is 0 Å². The van der Waals surface area contributed by atoms with Crippen molar-refractivity contribution in [3.63, 3.8) is 0 Å². The first-order valence-electron chi connectivity index (χ1n) is 4.98. The van der Waals surface area contributed by atoms with E-state index in [2.05, 4.69) is 6.92 Å². The first-order chi connectivity index (χ1) is 6.11. The first-order valence-corrected chi connectivity index (χ1v) is 5.97. The Kier molecular flexibility index (Phi) is 3.65. The summed E-state index contributed by atoms with van der Waals surface area (Å²) in [5.74, 6) is 0.776. The fourth-order valence-corrected chi connectivity index (χ4v) is 2.87. The lowest BCUT2D eigenvalue weighted by atomic mass is 10.1. The minimum absolute atomic E-state index is 0.423. The molecule has 0 spiro atoms. The third-order valence-corrected chi connectivity index (χ3v) is 4.28. The third-order valence-electron chi connectivity index (χ3n) is 2.68. The molecule has 1 rings (SSSR count). The van der Waals surface area contributed by atoms with Gasteiger partial charge < -0.3 is 5.11 Å². The number of hydrogen-bond acceptors (Lipinski definition) is 2. The number of carboxylic acids is 1. The molecule has 0 amide bonds. The highest BCUT2D eigenvalue weighted by Crippen LogP contribution is 2.47. The molecule has 0 aliphatic heterocycles. The van der Waals surface area contributed by atoms with Crippen molar-refractivity contribution >= 4 is 17.7 Å². The molecule has 1 unspecified atom stereocenters. The third kappa shape index (κ3) is 2.63. The van der Waals surface area contributed by atoms with Crippen molar-refractivity contribution in [2.75, 3.05) is 5.75 Å². The van der Waals surface area contributed by atoms with Gasteiger partial charge in [-0.05, 0) is 37.9 Å². The predicted molar refractivity (Wildman–Crippen MR) is 56.1 cm³/mol. The molecule has 1 N–H and O–H groups in total. The van der Waals surface area contributed by atoms with Crippen LogP contribution in [0, 0.1) is 5.92 Å². The number of hydrogen-bond donors (Lipinski definition) is 1. The SMILES string of the molecule is CCCCSC(C)(C(=O)O)C1CC1. The molecule has 1 saturated carbocycles.